The zero-order valence-electron chi connectivity index (χ0n) is 19.4. The van der Waals surface area contributed by atoms with Gasteiger partial charge in [0.1, 0.15) is 23.4 Å². The Bertz CT molecular complexity index is 1120. The Morgan fingerprint density at radius 1 is 0.794 bits per heavy atom. The molecule has 8 heteroatoms. The van der Waals surface area contributed by atoms with Crippen molar-refractivity contribution < 1.29 is 32.9 Å². The second-order valence-corrected chi connectivity index (χ2v) is 7.71. The van der Waals surface area contributed by atoms with Crippen molar-refractivity contribution in [3.8, 4) is 28.7 Å². The van der Waals surface area contributed by atoms with E-state index in [0.29, 0.717) is 35.3 Å². The normalized spacial score (nSPS) is 17.1. The minimum atomic E-state index is -0.767. The minimum absolute atomic E-state index is 0.182. The molecule has 0 spiro atoms. The summed E-state index contributed by atoms with van der Waals surface area (Å²) >= 11 is 0. The van der Waals surface area contributed by atoms with Crippen LogP contribution < -0.4 is 23.7 Å². The molecule has 0 aromatic heterocycles. The van der Waals surface area contributed by atoms with Crippen LogP contribution >= 0.6 is 0 Å². The van der Waals surface area contributed by atoms with Crippen molar-refractivity contribution in [2.24, 2.45) is 0 Å². The first kappa shape index (κ1) is 23.2. The van der Waals surface area contributed by atoms with E-state index >= 15 is 0 Å². The fourth-order valence-electron chi connectivity index (χ4n) is 4.02. The summed E-state index contributed by atoms with van der Waals surface area (Å²) in [6.07, 6.45) is -0.767. The van der Waals surface area contributed by atoms with E-state index in [0.717, 1.165) is 11.1 Å². The molecule has 0 bridgehead atoms. The average Bonchev–Trinajstić information content (AvgIpc) is 2.88. The van der Waals surface area contributed by atoms with Crippen molar-refractivity contribution >= 4 is 5.91 Å². The van der Waals surface area contributed by atoms with Gasteiger partial charge in [0.25, 0.3) is 5.91 Å². The number of amides is 1. The van der Waals surface area contributed by atoms with Crippen LogP contribution in [0.4, 0.5) is 4.39 Å². The van der Waals surface area contributed by atoms with Crippen LogP contribution in [0.25, 0.3) is 0 Å². The van der Waals surface area contributed by atoms with Crippen molar-refractivity contribution in [2.45, 2.75) is 18.7 Å². The van der Waals surface area contributed by atoms with E-state index in [4.69, 9.17) is 23.7 Å². The van der Waals surface area contributed by atoms with Gasteiger partial charge in [-0.3, -0.25) is 4.79 Å². The Labute approximate surface area is 197 Å². The molecule has 3 aromatic carbocycles. The van der Waals surface area contributed by atoms with Crippen LogP contribution in [0, 0.1) is 5.82 Å². The van der Waals surface area contributed by atoms with E-state index in [1.54, 1.807) is 60.5 Å². The number of nitrogens with zero attached hydrogens (tertiary/aromatic N) is 1. The van der Waals surface area contributed by atoms with Gasteiger partial charge in [-0.15, -0.1) is 0 Å². The molecule has 2 atom stereocenters. The number of likely N-dealkylation sites (tertiary alicyclic amines) is 1. The molecule has 1 saturated heterocycles. The highest BCUT2D eigenvalue weighted by Gasteiger charge is 2.50. The second-order valence-electron chi connectivity index (χ2n) is 7.71. The molecule has 3 aromatic rings. The van der Waals surface area contributed by atoms with Crippen LogP contribution in [0.1, 0.15) is 17.2 Å². The molecule has 1 heterocycles. The van der Waals surface area contributed by atoms with Crippen LogP contribution in [0.3, 0.4) is 0 Å². The van der Waals surface area contributed by atoms with E-state index < -0.39 is 12.1 Å². The first-order valence-corrected chi connectivity index (χ1v) is 10.6. The molecule has 0 unspecified atom stereocenters. The number of benzene rings is 3. The van der Waals surface area contributed by atoms with Crippen molar-refractivity contribution in [3.63, 3.8) is 0 Å². The van der Waals surface area contributed by atoms with Crippen molar-refractivity contribution in [3.05, 3.63) is 77.6 Å². The van der Waals surface area contributed by atoms with Gasteiger partial charge in [0.15, 0.2) is 11.5 Å². The van der Waals surface area contributed by atoms with Crippen LogP contribution in [0.15, 0.2) is 60.7 Å². The predicted octanol–water partition coefficient (Wildman–Crippen LogP) is 4.39. The summed E-state index contributed by atoms with van der Waals surface area (Å²) in [5, 5.41) is 0. The van der Waals surface area contributed by atoms with Crippen LogP contribution in [-0.2, 0) is 11.3 Å². The number of halogens is 1. The van der Waals surface area contributed by atoms with Crippen molar-refractivity contribution in [1.29, 1.82) is 0 Å². The summed E-state index contributed by atoms with van der Waals surface area (Å²) < 4.78 is 41.1. The minimum Gasteiger partial charge on any atom is -0.497 e. The van der Waals surface area contributed by atoms with Crippen molar-refractivity contribution in [1.82, 2.24) is 4.90 Å². The SMILES string of the molecule is COc1ccc(O[C@H]2C(=O)N(Cc3ccc(F)cc3)[C@@H]2c2cc(OC)c(OC)c(OC)c2)cc1. The van der Waals surface area contributed by atoms with Gasteiger partial charge in [-0.2, -0.15) is 0 Å². The number of carbonyl (C=O) groups excluding carboxylic acids is 1. The molecule has 1 aliphatic rings. The topological polar surface area (TPSA) is 66.5 Å². The molecule has 1 aliphatic heterocycles. The molecule has 7 nitrogen and oxygen atoms in total. The highest BCUT2D eigenvalue weighted by atomic mass is 19.1. The lowest BCUT2D eigenvalue weighted by atomic mass is 9.89. The van der Waals surface area contributed by atoms with Gasteiger partial charge >= 0.3 is 0 Å². The van der Waals surface area contributed by atoms with Gasteiger partial charge in [0.2, 0.25) is 11.9 Å². The maximum Gasteiger partial charge on any atom is 0.267 e. The molecule has 4 rings (SSSR count). The largest absolute Gasteiger partial charge is 0.497 e. The van der Waals surface area contributed by atoms with Crippen LogP contribution in [-0.4, -0.2) is 45.4 Å². The third-order valence-electron chi connectivity index (χ3n) is 5.77. The smallest absolute Gasteiger partial charge is 0.267 e. The van der Waals surface area contributed by atoms with Gasteiger partial charge in [0, 0.05) is 6.54 Å². The van der Waals surface area contributed by atoms with Gasteiger partial charge in [-0.25, -0.2) is 4.39 Å². The van der Waals surface area contributed by atoms with E-state index in [1.807, 2.05) is 0 Å². The molecule has 1 fully saturated rings. The molecule has 0 aliphatic carbocycles. The summed E-state index contributed by atoms with van der Waals surface area (Å²) in [7, 11) is 6.19. The average molecular weight is 467 g/mol. The van der Waals surface area contributed by atoms with E-state index in [2.05, 4.69) is 0 Å². The predicted molar refractivity (Wildman–Crippen MR) is 123 cm³/mol. The van der Waals surface area contributed by atoms with Gasteiger partial charge in [-0.1, -0.05) is 12.1 Å². The second kappa shape index (κ2) is 9.91. The lowest BCUT2D eigenvalue weighted by Gasteiger charge is -2.47. The summed E-state index contributed by atoms with van der Waals surface area (Å²) in [5.41, 5.74) is 1.56. The number of rotatable bonds is 9. The molecule has 0 radical (unpaired) electrons. The lowest BCUT2D eigenvalue weighted by molar-refractivity contribution is -0.165. The Morgan fingerprint density at radius 2 is 1.38 bits per heavy atom. The summed E-state index contributed by atoms with van der Waals surface area (Å²) in [6.45, 7) is 0.295. The van der Waals surface area contributed by atoms with Gasteiger partial charge in [0.05, 0.1) is 28.4 Å². The summed E-state index contributed by atoms with van der Waals surface area (Å²) in [4.78, 5) is 14.9. The lowest BCUT2D eigenvalue weighted by Crippen LogP contribution is -2.60. The number of ether oxygens (including phenoxy) is 5. The first-order chi connectivity index (χ1) is 16.5. The quantitative estimate of drug-likeness (QED) is 0.435. The molecule has 0 saturated carbocycles. The van der Waals surface area contributed by atoms with E-state index in [-0.39, 0.29) is 11.7 Å². The third kappa shape index (κ3) is 4.44. The zero-order valence-corrected chi connectivity index (χ0v) is 19.4. The Hall–Kier alpha value is -3.94. The van der Waals surface area contributed by atoms with Gasteiger partial charge < -0.3 is 28.6 Å². The summed E-state index contributed by atoms with van der Waals surface area (Å²) in [5.74, 6) is 2.11. The number of methoxy groups -OCH3 is 4. The zero-order chi connectivity index (χ0) is 24.2. The Balaban J connectivity index is 1.70. The third-order valence-corrected chi connectivity index (χ3v) is 5.77. The highest BCUT2D eigenvalue weighted by Crippen LogP contribution is 2.45. The Kier molecular flexibility index (Phi) is 6.77. The number of hydrogen-bond donors (Lipinski definition) is 0. The Morgan fingerprint density at radius 3 is 1.91 bits per heavy atom. The maximum absolute atomic E-state index is 13.4. The molecular weight excluding hydrogens is 441 g/mol. The molecule has 34 heavy (non-hydrogen) atoms. The fourth-order valence-corrected chi connectivity index (χ4v) is 4.02. The van der Waals surface area contributed by atoms with E-state index in [9.17, 15) is 9.18 Å². The monoisotopic (exact) mass is 467 g/mol. The van der Waals surface area contributed by atoms with Gasteiger partial charge in [-0.05, 0) is 59.7 Å². The fraction of sp³-hybridized carbons (Fsp3) is 0.269. The standard InChI is InChI=1S/C26H26FNO6/c1-30-19-9-11-20(12-10-19)34-25-23(17-13-21(31-2)24(33-4)22(14-17)32-3)28(26(25)29)15-16-5-7-18(27)8-6-16/h5-14,23,25H,15H2,1-4H3/t23-,25-/m1/s1. The number of β-lactam (4-membered cyclic amide) rings is 1. The van der Waals surface area contributed by atoms with E-state index in [1.165, 1.54) is 33.5 Å². The molecule has 0 N–H and O–H groups in total. The van der Waals surface area contributed by atoms with Crippen LogP contribution in [0.2, 0.25) is 0 Å². The molecular formula is C26H26FNO6. The first-order valence-electron chi connectivity index (χ1n) is 10.6. The number of hydrogen-bond acceptors (Lipinski definition) is 6. The number of carbonyl (C=O) groups is 1. The van der Waals surface area contributed by atoms with Crippen LogP contribution in [0.5, 0.6) is 28.7 Å². The highest BCUT2D eigenvalue weighted by molar-refractivity contribution is 5.89. The molecule has 1 amide bonds. The molecule has 178 valence electrons. The summed E-state index contributed by atoms with van der Waals surface area (Å²) in [6, 6.07) is 16.3. The maximum atomic E-state index is 13.4. The van der Waals surface area contributed by atoms with Crippen molar-refractivity contribution in [2.75, 3.05) is 28.4 Å².